The predicted molar refractivity (Wildman–Crippen MR) is 55.2 cm³/mol. The Hall–Kier alpha value is -0.820. The van der Waals surface area contributed by atoms with E-state index in [0.29, 0.717) is 0 Å². The Balaban J connectivity index is 2.64. The lowest BCUT2D eigenvalue weighted by atomic mass is 9.94. The molecule has 1 atom stereocenters. The van der Waals surface area contributed by atoms with E-state index in [-0.39, 0.29) is 12.5 Å². The molecule has 0 spiro atoms. The van der Waals surface area contributed by atoms with Crippen LogP contribution < -0.4 is 5.73 Å². The molecule has 1 unspecified atom stereocenters. The Bertz CT molecular complexity index is 292. The van der Waals surface area contributed by atoms with Crippen LogP contribution in [0.5, 0.6) is 0 Å². The number of esters is 1. The summed E-state index contributed by atoms with van der Waals surface area (Å²) >= 11 is 0. The first-order valence-electron chi connectivity index (χ1n) is 5.31. The van der Waals surface area contributed by atoms with Gasteiger partial charge in [-0.05, 0) is 25.8 Å². The molecule has 1 saturated carbocycles. The molecule has 0 aromatic rings. The van der Waals surface area contributed by atoms with Gasteiger partial charge in [0, 0.05) is 6.54 Å². The fraction of sp³-hybridized carbons (Fsp3) is 0.900. The molecule has 1 aliphatic carbocycles. The van der Waals surface area contributed by atoms with E-state index in [2.05, 4.69) is 4.74 Å². The van der Waals surface area contributed by atoms with Crippen molar-refractivity contribution in [1.29, 1.82) is 0 Å². The highest BCUT2D eigenvalue weighted by molar-refractivity contribution is 5.81. The van der Waals surface area contributed by atoms with Gasteiger partial charge in [0.05, 0.1) is 13.7 Å². The zero-order valence-corrected chi connectivity index (χ0v) is 9.88. The Morgan fingerprint density at radius 2 is 1.94 bits per heavy atom. The second-order valence-corrected chi connectivity index (χ2v) is 4.59. The van der Waals surface area contributed by atoms with Crippen LogP contribution in [0.25, 0.3) is 0 Å². The molecule has 0 aliphatic heterocycles. The average Bonchev–Trinajstić information content (AvgIpc) is 2.95. The average molecular weight is 254 g/mol. The first-order valence-corrected chi connectivity index (χ1v) is 5.31. The van der Waals surface area contributed by atoms with Gasteiger partial charge in [0.2, 0.25) is 0 Å². The minimum Gasteiger partial charge on any atom is -0.468 e. The summed E-state index contributed by atoms with van der Waals surface area (Å²) in [6.45, 7) is -1.24. The Morgan fingerprint density at radius 1 is 1.41 bits per heavy atom. The van der Waals surface area contributed by atoms with Crippen molar-refractivity contribution in [2.45, 2.75) is 24.6 Å². The molecular formula is C10H17F3N2O2. The van der Waals surface area contributed by atoms with E-state index in [9.17, 15) is 18.0 Å². The molecule has 4 nitrogen and oxygen atoms in total. The third-order valence-electron chi connectivity index (χ3n) is 2.85. The molecule has 1 aliphatic rings. The summed E-state index contributed by atoms with van der Waals surface area (Å²) < 4.78 is 41.1. The lowest BCUT2D eigenvalue weighted by Gasteiger charge is -2.31. The molecule has 0 amide bonds. The van der Waals surface area contributed by atoms with Gasteiger partial charge < -0.3 is 10.5 Å². The van der Waals surface area contributed by atoms with Gasteiger partial charge in [-0.25, -0.2) is 0 Å². The molecule has 0 heterocycles. The summed E-state index contributed by atoms with van der Waals surface area (Å²) in [6.07, 6.45) is -2.79. The molecule has 2 N–H and O–H groups in total. The van der Waals surface area contributed by atoms with Crippen molar-refractivity contribution in [3.05, 3.63) is 0 Å². The van der Waals surface area contributed by atoms with Gasteiger partial charge in [0.25, 0.3) is 0 Å². The zero-order chi connectivity index (χ0) is 13.3. The smallest absolute Gasteiger partial charge is 0.401 e. The van der Waals surface area contributed by atoms with Crippen molar-refractivity contribution in [2.24, 2.45) is 11.7 Å². The van der Waals surface area contributed by atoms with E-state index in [0.717, 1.165) is 17.7 Å². The number of likely N-dealkylation sites (N-methyl/N-ethyl adjacent to an activating group) is 1. The number of nitrogens with zero attached hydrogens (tertiary/aromatic N) is 1. The molecular weight excluding hydrogens is 237 g/mol. The molecule has 0 saturated heterocycles. The normalized spacial score (nSPS) is 20.2. The van der Waals surface area contributed by atoms with Gasteiger partial charge in [-0.2, -0.15) is 13.2 Å². The second kappa shape index (κ2) is 4.81. The third kappa shape index (κ3) is 3.85. The molecule has 0 radical (unpaired) electrons. The van der Waals surface area contributed by atoms with Gasteiger partial charge >= 0.3 is 12.1 Å². The van der Waals surface area contributed by atoms with E-state index in [1.165, 1.54) is 14.2 Å². The molecule has 7 heteroatoms. The van der Waals surface area contributed by atoms with E-state index in [1.807, 2.05) is 0 Å². The van der Waals surface area contributed by atoms with Crippen LogP contribution in [0.1, 0.15) is 12.8 Å². The lowest BCUT2D eigenvalue weighted by molar-refractivity contribution is -0.156. The first kappa shape index (κ1) is 14.2. The minimum absolute atomic E-state index is 0.0781. The number of rotatable bonds is 5. The largest absolute Gasteiger partial charge is 0.468 e. The molecule has 0 bridgehead atoms. The van der Waals surface area contributed by atoms with Crippen LogP contribution >= 0.6 is 0 Å². The molecule has 17 heavy (non-hydrogen) atoms. The van der Waals surface area contributed by atoms with E-state index < -0.39 is 24.2 Å². The van der Waals surface area contributed by atoms with Gasteiger partial charge in [-0.3, -0.25) is 9.69 Å². The fourth-order valence-electron chi connectivity index (χ4n) is 1.96. The summed E-state index contributed by atoms with van der Waals surface area (Å²) in [7, 11) is 2.48. The van der Waals surface area contributed by atoms with Crippen LogP contribution in [0, 0.1) is 5.92 Å². The standard InChI is InChI=1S/C10H17F3N2O2/c1-15(6-10(11,12)13)5-9(14,7-3-4-7)8(16)17-2/h7H,3-6,14H2,1-2H3. The lowest BCUT2D eigenvalue weighted by Crippen LogP contribution is -2.58. The first-order chi connectivity index (χ1) is 7.69. The van der Waals surface area contributed by atoms with Gasteiger partial charge in [-0.1, -0.05) is 0 Å². The SMILES string of the molecule is COC(=O)C(N)(CN(C)CC(F)(F)F)C1CC1. The molecule has 1 fully saturated rings. The number of methoxy groups -OCH3 is 1. The van der Waals surface area contributed by atoms with E-state index >= 15 is 0 Å². The molecule has 0 aromatic carbocycles. The Labute approximate surface area is 97.9 Å². The van der Waals surface area contributed by atoms with Crippen LogP contribution in [0.4, 0.5) is 13.2 Å². The number of alkyl halides is 3. The molecule has 1 rings (SSSR count). The van der Waals surface area contributed by atoms with Gasteiger partial charge in [-0.15, -0.1) is 0 Å². The van der Waals surface area contributed by atoms with Crippen LogP contribution in [0.2, 0.25) is 0 Å². The summed E-state index contributed by atoms with van der Waals surface area (Å²) in [6, 6.07) is 0. The van der Waals surface area contributed by atoms with Crippen molar-refractivity contribution in [1.82, 2.24) is 4.90 Å². The topological polar surface area (TPSA) is 55.6 Å². The van der Waals surface area contributed by atoms with Crippen molar-refractivity contribution in [2.75, 3.05) is 27.2 Å². The number of carbonyl (C=O) groups is 1. The molecule has 0 aromatic heterocycles. The van der Waals surface area contributed by atoms with Crippen LogP contribution in [-0.4, -0.2) is 49.8 Å². The quantitative estimate of drug-likeness (QED) is 0.736. The number of halogens is 3. The summed E-state index contributed by atoms with van der Waals surface area (Å²) in [5, 5.41) is 0. The van der Waals surface area contributed by atoms with E-state index in [4.69, 9.17) is 5.73 Å². The van der Waals surface area contributed by atoms with Gasteiger partial charge in [0.1, 0.15) is 5.54 Å². The van der Waals surface area contributed by atoms with Crippen LogP contribution in [-0.2, 0) is 9.53 Å². The molecule has 100 valence electrons. The summed E-state index contributed by atoms with van der Waals surface area (Å²) in [5.74, 6) is -0.723. The highest BCUT2D eigenvalue weighted by Gasteiger charge is 2.50. The monoisotopic (exact) mass is 254 g/mol. The Kier molecular flexibility index (Phi) is 4.03. The number of carbonyl (C=O) groups excluding carboxylic acids is 1. The minimum atomic E-state index is -4.30. The van der Waals surface area contributed by atoms with E-state index in [1.54, 1.807) is 0 Å². The highest BCUT2D eigenvalue weighted by atomic mass is 19.4. The highest BCUT2D eigenvalue weighted by Crippen LogP contribution is 2.39. The summed E-state index contributed by atoms with van der Waals surface area (Å²) in [5.41, 5.74) is 4.57. The maximum atomic E-state index is 12.2. The number of hydrogen-bond donors (Lipinski definition) is 1. The number of hydrogen-bond acceptors (Lipinski definition) is 4. The van der Waals surface area contributed by atoms with Crippen LogP contribution in [0.3, 0.4) is 0 Å². The zero-order valence-electron chi connectivity index (χ0n) is 9.88. The van der Waals surface area contributed by atoms with Gasteiger partial charge in [0.15, 0.2) is 0 Å². The maximum absolute atomic E-state index is 12.2. The number of nitrogens with two attached hydrogens (primary N) is 1. The third-order valence-corrected chi connectivity index (χ3v) is 2.85. The van der Waals surface area contributed by atoms with Crippen LogP contribution in [0.15, 0.2) is 0 Å². The predicted octanol–water partition coefficient (Wildman–Crippen LogP) is 0.761. The van der Waals surface area contributed by atoms with Crippen molar-refractivity contribution in [3.8, 4) is 0 Å². The fourth-order valence-corrected chi connectivity index (χ4v) is 1.96. The second-order valence-electron chi connectivity index (χ2n) is 4.59. The van der Waals surface area contributed by atoms with Crippen molar-refractivity contribution in [3.63, 3.8) is 0 Å². The number of ether oxygens (including phenoxy) is 1. The van der Waals surface area contributed by atoms with Crippen molar-refractivity contribution < 1.29 is 22.7 Å². The Morgan fingerprint density at radius 3 is 2.29 bits per heavy atom. The summed E-state index contributed by atoms with van der Waals surface area (Å²) in [4.78, 5) is 12.6. The van der Waals surface area contributed by atoms with Crippen molar-refractivity contribution >= 4 is 5.97 Å². The maximum Gasteiger partial charge on any atom is 0.401 e.